The van der Waals surface area contributed by atoms with E-state index in [9.17, 15) is 19.2 Å². The summed E-state index contributed by atoms with van der Waals surface area (Å²) in [7, 11) is 0. The van der Waals surface area contributed by atoms with Crippen molar-refractivity contribution in [2.75, 3.05) is 16.8 Å². The molecule has 1 aliphatic carbocycles. The predicted octanol–water partition coefficient (Wildman–Crippen LogP) is 4.24. The van der Waals surface area contributed by atoms with E-state index in [0.717, 1.165) is 0 Å². The van der Waals surface area contributed by atoms with Gasteiger partial charge in [0, 0.05) is 5.69 Å². The Bertz CT molecular complexity index is 1100. The van der Waals surface area contributed by atoms with Gasteiger partial charge >= 0.3 is 5.97 Å². The van der Waals surface area contributed by atoms with E-state index in [1.165, 1.54) is 41.3 Å². The van der Waals surface area contributed by atoms with Crippen molar-refractivity contribution >= 4 is 58.3 Å². The van der Waals surface area contributed by atoms with Gasteiger partial charge in [0.2, 0.25) is 11.8 Å². The lowest BCUT2D eigenvalue weighted by Gasteiger charge is -2.15. The van der Waals surface area contributed by atoms with E-state index in [-0.39, 0.29) is 34.2 Å². The number of rotatable bonds is 5. The summed E-state index contributed by atoms with van der Waals surface area (Å²) in [5, 5.41) is 3.19. The topological polar surface area (TPSA) is 92.8 Å². The quantitative estimate of drug-likeness (QED) is 0.398. The Hall–Kier alpha value is -3.16. The zero-order valence-electron chi connectivity index (χ0n) is 16.7. The number of nitrogens with one attached hydrogen (secondary N) is 1. The smallest absolute Gasteiger partial charge is 0.338 e. The average molecular weight is 473 g/mol. The first-order chi connectivity index (χ1) is 15.3. The lowest BCUT2D eigenvalue weighted by atomic mass is 9.85. The average Bonchev–Trinajstić information content (AvgIpc) is 3.05. The Labute approximate surface area is 193 Å². The Kier molecular flexibility index (Phi) is 6.30. The van der Waals surface area contributed by atoms with Crippen LogP contribution in [0.2, 0.25) is 10.0 Å². The third kappa shape index (κ3) is 4.40. The van der Waals surface area contributed by atoms with Crippen LogP contribution in [0.4, 0.5) is 11.4 Å². The first kappa shape index (κ1) is 22.0. The first-order valence-electron chi connectivity index (χ1n) is 9.90. The number of allylic oxidation sites excluding steroid dienone is 2. The van der Waals surface area contributed by atoms with Crippen molar-refractivity contribution in [3.05, 3.63) is 70.2 Å². The van der Waals surface area contributed by atoms with Gasteiger partial charge in [0.05, 0.1) is 33.1 Å². The molecular weight excluding hydrogens is 455 g/mol. The molecule has 0 radical (unpaired) electrons. The number of imide groups is 1. The molecule has 1 heterocycles. The molecule has 164 valence electrons. The van der Waals surface area contributed by atoms with Crippen LogP contribution in [0.25, 0.3) is 0 Å². The fourth-order valence-corrected chi connectivity index (χ4v) is 4.08. The van der Waals surface area contributed by atoms with Crippen molar-refractivity contribution in [2.45, 2.75) is 12.8 Å². The summed E-state index contributed by atoms with van der Waals surface area (Å²) in [6.07, 6.45) is 4.96. The van der Waals surface area contributed by atoms with Crippen molar-refractivity contribution in [1.82, 2.24) is 0 Å². The molecule has 0 aromatic heterocycles. The van der Waals surface area contributed by atoms with Crippen LogP contribution < -0.4 is 10.2 Å². The molecule has 0 saturated carbocycles. The molecule has 0 spiro atoms. The van der Waals surface area contributed by atoms with Gasteiger partial charge < -0.3 is 10.1 Å². The van der Waals surface area contributed by atoms with Crippen LogP contribution in [0.3, 0.4) is 0 Å². The normalized spacial score (nSPS) is 19.6. The van der Waals surface area contributed by atoms with E-state index in [4.69, 9.17) is 27.9 Å². The number of hydrogen-bond donors (Lipinski definition) is 1. The van der Waals surface area contributed by atoms with Crippen LogP contribution in [0.15, 0.2) is 54.6 Å². The minimum atomic E-state index is -0.710. The molecule has 0 unspecified atom stereocenters. The summed E-state index contributed by atoms with van der Waals surface area (Å²) >= 11 is 11.7. The maximum Gasteiger partial charge on any atom is 0.338 e. The summed E-state index contributed by atoms with van der Waals surface area (Å²) in [6, 6.07) is 10.5. The summed E-state index contributed by atoms with van der Waals surface area (Å²) in [5.41, 5.74) is 1.01. The lowest BCUT2D eigenvalue weighted by molar-refractivity contribution is -0.122. The highest BCUT2D eigenvalue weighted by Gasteiger charge is 2.47. The van der Waals surface area contributed by atoms with E-state index in [1.807, 2.05) is 12.2 Å². The third-order valence-electron chi connectivity index (χ3n) is 5.41. The molecule has 1 aliphatic heterocycles. The number of carbonyl (C=O) groups excluding carboxylic acids is 4. The predicted molar refractivity (Wildman–Crippen MR) is 120 cm³/mol. The van der Waals surface area contributed by atoms with Gasteiger partial charge in [-0.05, 0) is 55.3 Å². The Balaban J connectivity index is 1.35. The SMILES string of the molecule is O=C(COC(=O)c1ccc(N2C(=O)[C@H]3CC=CC[C@H]3C2=O)cc1)Nc1ccc(Cl)c(Cl)c1. The number of halogens is 2. The Morgan fingerprint density at radius 3 is 2.16 bits per heavy atom. The third-order valence-corrected chi connectivity index (χ3v) is 6.15. The van der Waals surface area contributed by atoms with E-state index >= 15 is 0 Å². The van der Waals surface area contributed by atoms with Gasteiger partial charge in [-0.25, -0.2) is 4.79 Å². The monoisotopic (exact) mass is 472 g/mol. The maximum atomic E-state index is 12.7. The minimum absolute atomic E-state index is 0.189. The maximum absolute atomic E-state index is 12.7. The molecule has 0 bridgehead atoms. The van der Waals surface area contributed by atoms with Crippen LogP contribution in [0, 0.1) is 11.8 Å². The van der Waals surface area contributed by atoms with Gasteiger partial charge in [-0.2, -0.15) is 0 Å². The zero-order chi connectivity index (χ0) is 22.8. The second-order valence-electron chi connectivity index (χ2n) is 7.47. The number of fused-ring (bicyclic) bond motifs is 1. The standard InChI is InChI=1S/C23H18Cl2N2O5/c24-18-10-7-14(11-19(18)25)26-20(28)12-32-23(31)13-5-8-15(9-6-13)27-21(29)16-3-1-2-4-17(16)22(27)30/h1-2,5-11,16-17H,3-4,12H2,(H,26,28)/t16-,17+. The molecule has 1 fully saturated rings. The number of ether oxygens (including phenoxy) is 1. The van der Waals surface area contributed by atoms with Crippen LogP contribution in [0.1, 0.15) is 23.2 Å². The largest absolute Gasteiger partial charge is 0.452 e. The van der Waals surface area contributed by atoms with Gasteiger partial charge in [0.15, 0.2) is 6.61 Å². The molecule has 2 aliphatic rings. The van der Waals surface area contributed by atoms with E-state index in [2.05, 4.69) is 5.32 Å². The number of benzene rings is 2. The highest BCUT2D eigenvalue weighted by atomic mass is 35.5. The minimum Gasteiger partial charge on any atom is -0.452 e. The van der Waals surface area contributed by atoms with Gasteiger partial charge in [-0.15, -0.1) is 0 Å². The summed E-state index contributed by atoms with van der Waals surface area (Å²) in [5.74, 6) is -2.36. The fraction of sp³-hybridized carbons (Fsp3) is 0.217. The Morgan fingerprint density at radius 2 is 1.56 bits per heavy atom. The second kappa shape index (κ2) is 9.14. The lowest BCUT2D eigenvalue weighted by Crippen LogP contribution is -2.30. The number of amides is 3. The van der Waals surface area contributed by atoms with Crippen LogP contribution in [-0.2, 0) is 19.1 Å². The number of anilines is 2. The zero-order valence-corrected chi connectivity index (χ0v) is 18.2. The molecule has 2 aromatic rings. The van der Waals surface area contributed by atoms with Crippen LogP contribution in [0.5, 0.6) is 0 Å². The number of carbonyl (C=O) groups is 4. The summed E-state index contributed by atoms with van der Waals surface area (Å²) < 4.78 is 5.04. The van der Waals surface area contributed by atoms with Gasteiger partial charge in [-0.1, -0.05) is 35.4 Å². The number of hydrogen-bond acceptors (Lipinski definition) is 5. The Morgan fingerprint density at radius 1 is 0.938 bits per heavy atom. The number of esters is 1. The molecule has 1 N–H and O–H groups in total. The molecule has 2 atom stereocenters. The highest BCUT2D eigenvalue weighted by Crippen LogP contribution is 2.37. The van der Waals surface area contributed by atoms with Crippen molar-refractivity contribution in [2.24, 2.45) is 11.8 Å². The number of nitrogens with zero attached hydrogens (tertiary/aromatic N) is 1. The second-order valence-corrected chi connectivity index (χ2v) is 8.28. The highest BCUT2D eigenvalue weighted by molar-refractivity contribution is 6.42. The molecule has 32 heavy (non-hydrogen) atoms. The first-order valence-corrected chi connectivity index (χ1v) is 10.7. The van der Waals surface area contributed by atoms with Gasteiger partial charge in [0.25, 0.3) is 5.91 Å². The molecule has 4 rings (SSSR count). The molecule has 3 amide bonds. The van der Waals surface area contributed by atoms with Crippen LogP contribution in [-0.4, -0.2) is 30.3 Å². The van der Waals surface area contributed by atoms with E-state index in [0.29, 0.717) is 29.2 Å². The molecule has 9 heteroatoms. The molecule has 2 aromatic carbocycles. The molecule has 7 nitrogen and oxygen atoms in total. The van der Waals surface area contributed by atoms with Gasteiger partial charge in [-0.3, -0.25) is 19.3 Å². The van der Waals surface area contributed by atoms with E-state index < -0.39 is 18.5 Å². The molecule has 1 saturated heterocycles. The van der Waals surface area contributed by atoms with Crippen molar-refractivity contribution in [1.29, 1.82) is 0 Å². The van der Waals surface area contributed by atoms with Crippen molar-refractivity contribution < 1.29 is 23.9 Å². The molecular formula is C23H18Cl2N2O5. The fourth-order valence-electron chi connectivity index (χ4n) is 3.79. The van der Waals surface area contributed by atoms with Crippen LogP contribution >= 0.6 is 23.2 Å². The summed E-state index contributed by atoms with van der Waals surface area (Å²) in [4.78, 5) is 50.8. The van der Waals surface area contributed by atoms with Gasteiger partial charge in [0.1, 0.15) is 0 Å². The van der Waals surface area contributed by atoms with Crippen molar-refractivity contribution in [3.63, 3.8) is 0 Å². The summed E-state index contributed by atoms with van der Waals surface area (Å²) in [6.45, 7) is -0.500. The van der Waals surface area contributed by atoms with Crippen molar-refractivity contribution in [3.8, 4) is 0 Å². The van der Waals surface area contributed by atoms with E-state index in [1.54, 1.807) is 6.07 Å².